The third kappa shape index (κ3) is 5.92. The molecule has 6 heteroatoms. The summed E-state index contributed by atoms with van der Waals surface area (Å²) in [5, 5.41) is 2.61. The van der Waals surface area contributed by atoms with Crippen molar-refractivity contribution >= 4 is 78.0 Å². The number of hydrogen-bond acceptors (Lipinski definition) is 5. The summed E-state index contributed by atoms with van der Waals surface area (Å²) in [4.78, 5) is 5.13. The molecule has 0 saturated heterocycles. The number of aryl methyl sites for hydroxylation is 2. The third-order valence-electron chi connectivity index (χ3n) is 12.7. The lowest BCUT2D eigenvalue weighted by atomic mass is 9.33. The van der Waals surface area contributed by atoms with Gasteiger partial charge in [0.15, 0.2) is 11.5 Å². The van der Waals surface area contributed by atoms with Gasteiger partial charge in [-0.15, -0.1) is 11.3 Å². The van der Waals surface area contributed by atoms with Crippen molar-refractivity contribution in [2.75, 3.05) is 16.6 Å². The highest BCUT2D eigenvalue weighted by molar-refractivity contribution is 7.26. The van der Waals surface area contributed by atoms with E-state index in [-0.39, 0.29) is 29.8 Å². The van der Waals surface area contributed by atoms with Gasteiger partial charge in [0, 0.05) is 33.4 Å². The third-order valence-corrected chi connectivity index (χ3v) is 13.9. The maximum atomic E-state index is 6.21. The molecule has 1 aromatic heterocycles. The normalized spacial score (nSPS) is 14.5. The van der Waals surface area contributed by atoms with E-state index in [2.05, 4.69) is 195 Å². The van der Waals surface area contributed by atoms with Gasteiger partial charge < -0.3 is 19.3 Å². The van der Waals surface area contributed by atoms with Crippen molar-refractivity contribution in [3.05, 3.63) is 137 Å². The number of ether oxygens (including phenoxy) is 2. The maximum absolute atomic E-state index is 6.21. The van der Waals surface area contributed by atoms with E-state index in [1.165, 1.54) is 87.5 Å². The number of rotatable bonds is 3. The Morgan fingerprint density at radius 3 is 1.81 bits per heavy atom. The van der Waals surface area contributed by atoms with Crippen molar-refractivity contribution < 1.29 is 9.47 Å². The first-order valence-electron chi connectivity index (χ1n) is 21.0. The number of benzene rings is 6. The first-order valence-corrected chi connectivity index (χ1v) is 21.9. The lowest BCUT2D eigenvalue weighted by Crippen LogP contribution is -2.61. The monoisotopic (exact) mass is 792 g/mol. The summed E-state index contributed by atoms with van der Waals surface area (Å²) in [7, 11) is 0. The number of anilines is 6. The molecule has 296 valence electrons. The summed E-state index contributed by atoms with van der Waals surface area (Å²) < 4.78 is 13.7. The lowest BCUT2D eigenvalue weighted by molar-refractivity contribution is 0.174. The van der Waals surface area contributed by atoms with E-state index in [4.69, 9.17) is 9.47 Å². The predicted octanol–water partition coefficient (Wildman–Crippen LogP) is 12.9. The summed E-state index contributed by atoms with van der Waals surface area (Å²) in [6, 6.07) is 41.5. The second kappa shape index (κ2) is 13.0. The van der Waals surface area contributed by atoms with Crippen LogP contribution in [0.2, 0.25) is 0 Å². The van der Waals surface area contributed by atoms with E-state index >= 15 is 0 Å². The summed E-state index contributed by atoms with van der Waals surface area (Å²) in [6.45, 7) is 25.6. The summed E-state index contributed by atoms with van der Waals surface area (Å²) in [5.74, 6) is 1.59. The molecule has 0 radical (unpaired) electrons. The first kappa shape index (κ1) is 37.8. The average molecular weight is 793 g/mol. The van der Waals surface area contributed by atoms with E-state index < -0.39 is 0 Å². The van der Waals surface area contributed by atoms with Crippen molar-refractivity contribution in [2.45, 2.75) is 92.4 Å². The maximum Gasteiger partial charge on any atom is 0.254 e. The molecule has 4 heterocycles. The smallest absolute Gasteiger partial charge is 0.254 e. The van der Waals surface area contributed by atoms with Crippen molar-refractivity contribution in [1.29, 1.82) is 0 Å². The van der Waals surface area contributed by atoms with E-state index in [1.54, 1.807) is 0 Å². The fourth-order valence-corrected chi connectivity index (χ4v) is 10.8. The molecule has 0 unspecified atom stereocenters. The van der Waals surface area contributed by atoms with Crippen LogP contribution in [0.15, 0.2) is 109 Å². The van der Waals surface area contributed by atoms with E-state index in [1.807, 2.05) is 11.3 Å². The van der Waals surface area contributed by atoms with Gasteiger partial charge >= 0.3 is 0 Å². The fraction of sp³-hybridized carbons (Fsp3) is 0.283. The van der Waals surface area contributed by atoms with Crippen LogP contribution < -0.4 is 35.7 Å². The fourth-order valence-electron chi connectivity index (χ4n) is 9.58. The van der Waals surface area contributed by atoms with Crippen LogP contribution in [0.4, 0.5) is 33.4 Å². The molecule has 0 bridgehead atoms. The largest absolute Gasteiger partial charge is 0.454 e. The Balaban J connectivity index is 1.33. The number of fused-ring (bicyclic) bond motifs is 7. The molecule has 6 aromatic carbocycles. The number of nitrogens with zero attached hydrogens (tertiary/aromatic N) is 2. The van der Waals surface area contributed by atoms with Crippen LogP contribution in [-0.2, 0) is 16.2 Å². The quantitative estimate of drug-likeness (QED) is 0.166. The van der Waals surface area contributed by atoms with Gasteiger partial charge in [-0.25, -0.2) is 0 Å². The minimum absolute atomic E-state index is 0.00325. The van der Waals surface area contributed by atoms with Gasteiger partial charge in [0.2, 0.25) is 6.79 Å². The van der Waals surface area contributed by atoms with Crippen LogP contribution >= 0.6 is 11.3 Å². The minimum atomic E-state index is -0.0411. The van der Waals surface area contributed by atoms with Crippen molar-refractivity contribution in [3.8, 4) is 22.6 Å². The molecule has 59 heavy (non-hydrogen) atoms. The molecule has 0 amide bonds. The molecule has 0 spiro atoms. The molecule has 0 saturated carbocycles. The Morgan fingerprint density at radius 2 is 1.15 bits per heavy atom. The minimum Gasteiger partial charge on any atom is -0.454 e. The van der Waals surface area contributed by atoms with E-state index in [0.29, 0.717) is 0 Å². The Morgan fingerprint density at radius 1 is 0.542 bits per heavy atom. The molecule has 3 aliphatic rings. The van der Waals surface area contributed by atoms with Crippen molar-refractivity contribution in [1.82, 2.24) is 0 Å². The molecular formula is C53H53BN2O2S. The lowest BCUT2D eigenvalue weighted by Gasteiger charge is -2.44. The molecule has 0 atom stereocenters. The molecule has 4 nitrogen and oxygen atoms in total. The standard InChI is InChI=1S/C53H53BN2O2S/c1-31-24-36(53(9,10)11)25-32(2)49(31)56-42-19-15-18-41-48(42)54(47-38-27-35(52(6,7)8)21-23-46(38)59-50(47)56)39-28-44-45(58-30-57-44)29-43(39)55(41)40-22-20-34(51(3,4)5)26-37(40)33-16-13-12-14-17-33/h12-29H,30H2,1-11H3. The summed E-state index contributed by atoms with van der Waals surface area (Å²) in [5.41, 5.74) is 18.8. The van der Waals surface area contributed by atoms with Gasteiger partial charge in [-0.1, -0.05) is 129 Å². The Hall–Kier alpha value is -5.46. The second-order valence-corrected chi connectivity index (χ2v) is 20.9. The summed E-state index contributed by atoms with van der Waals surface area (Å²) in [6.07, 6.45) is 0. The SMILES string of the molecule is Cc1cc(C(C)(C)C)cc(C)c1N1c2cccc3c2B(c2cc4c(cc2N3c2ccc(C(C)(C)C)cc2-c2ccccc2)OCO4)c2c1sc1ccc(C(C)(C)C)cc21. The van der Waals surface area contributed by atoms with Crippen LogP contribution in [0.3, 0.4) is 0 Å². The van der Waals surface area contributed by atoms with Crippen LogP contribution in [-0.4, -0.2) is 13.5 Å². The highest BCUT2D eigenvalue weighted by Crippen LogP contribution is 2.52. The Bertz CT molecular complexity index is 2830. The Kier molecular flexibility index (Phi) is 8.34. The van der Waals surface area contributed by atoms with Crippen molar-refractivity contribution in [2.24, 2.45) is 0 Å². The van der Waals surface area contributed by atoms with Gasteiger partial charge in [-0.2, -0.15) is 0 Å². The zero-order valence-electron chi connectivity index (χ0n) is 36.3. The molecule has 3 aliphatic heterocycles. The zero-order valence-corrected chi connectivity index (χ0v) is 37.1. The van der Waals surface area contributed by atoms with E-state index in [9.17, 15) is 0 Å². The van der Waals surface area contributed by atoms with Crippen LogP contribution in [0.1, 0.15) is 90.1 Å². The van der Waals surface area contributed by atoms with Gasteiger partial charge in [0.25, 0.3) is 6.71 Å². The number of thiophene rings is 1. The second-order valence-electron chi connectivity index (χ2n) is 19.9. The van der Waals surface area contributed by atoms with E-state index in [0.717, 1.165) is 22.9 Å². The molecule has 0 N–H and O–H groups in total. The topological polar surface area (TPSA) is 24.9 Å². The molecule has 0 fully saturated rings. The first-order chi connectivity index (χ1) is 28.0. The average Bonchev–Trinajstić information content (AvgIpc) is 3.81. The van der Waals surface area contributed by atoms with Gasteiger partial charge in [0.1, 0.15) is 0 Å². The van der Waals surface area contributed by atoms with Crippen LogP contribution in [0, 0.1) is 13.8 Å². The van der Waals surface area contributed by atoms with Crippen LogP contribution in [0.5, 0.6) is 11.5 Å². The number of hydrogen-bond donors (Lipinski definition) is 0. The predicted molar refractivity (Wildman–Crippen MR) is 253 cm³/mol. The zero-order chi connectivity index (χ0) is 41.3. The van der Waals surface area contributed by atoms with Crippen LogP contribution in [0.25, 0.3) is 21.2 Å². The van der Waals surface area contributed by atoms with Gasteiger partial charge in [0.05, 0.1) is 16.4 Å². The summed E-state index contributed by atoms with van der Waals surface area (Å²) >= 11 is 1.92. The van der Waals surface area contributed by atoms with Gasteiger partial charge in [-0.3, -0.25) is 0 Å². The molecular weight excluding hydrogens is 739 g/mol. The van der Waals surface area contributed by atoms with Crippen molar-refractivity contribution in [3.63, 3.8) is 0 Å². The molecule has 10 rings (SSSR count). The highest BCUT2D eigenvalue weighted by Gasteiger charge is 2.47. The molecule has 7 aromatic rings. The Labute approximate surface area is 354 Å². The highest BCUT2D eigenvalue weighted by atomic mass is 32.1. The van der Waals surface area contributed by atoms with Gasteiger partial charge in [-0.05, 0) is 122 Å². The molecule has 0 aliphatic carbocycles.